The van der Waals surface area contributed by atoms with Gasteiger partial charge in [0.15, 0.2) is 0 Å². The van der Waals surface area contributed by atoms with E-state index in [1.54, 1.807) is 48.5 Å². The molecule has 1 aliphatic rings. The van der Waals surface area contributed by atoms with Crippen LogP contribution in [-0.4, -0.2) is 37.5 Å². The second kappa shape index (κ2) is 8.53. The number of methoxy groups -OCH3 is 1. The molecule has 8 heteroatoms. The molecule has 28 heavy (non-hydrogen) atoms. The molecule has 1 heterocycles. The molecule has 0 spiro atoms. The average Bonchev–Trinajstić information content (AvgIpc) is 3.00. The fourth-order valence-corrected chi connectivity index (χ4v) is 2.84. The molecule has 0 aliphatic carbocycles. The van der Waals surface area contributed by atoms with Crippen LogP contribution in [0.25, 0.3) is 0 Å². The molecule has 0 saturated carbocycles. The monoisotopic (exact) mass is 383 g/mol. The van der Waals surface area contributed by atoms with Crippen molar-refractivity contribution in [2.24, 2.45) is 0 Å². The van der Waals surface area contributed by atoms with Crippen LogP contribution in [0.1, 0.15) is 23.7 Å². The number of amides is 3. The Balaban J connectivity index is 1.62. The second-order valence-electron chi connectivity index (χ2n) is 6.08. The van der Waals surface area contributed by atoms with Gasteiger partial charge in [-0.05, 0) is 55.5 Å². The molecular formula is C20H21N3O5. The number of ether oxygens (including phenoxy) is 2. The van der Waals surface area contributed by atoms with Crippen LogP contribution in [0.4, 0.5) is 5.69 Å². The van der Waals surface area contributed by atoms with Gasteiger partial charge < -0.3 is 9.47 Å². The normalized spacial score (nSPS) is 16.2. The molecule has 2 N–H and O–H groups in total. The summed E-state index contributed by atoms with van der Waals surface area (Å²) in [5, 5.41) is 0. The third-order valence-corrected chi connectivity index (χ3v) is 4.26. The zero-order valence-electron chi connectivity index (χ0n) is 15.6. The van der Waals surface area contributed by atoms with Crippen LogP contribution in [-0.2, 0) is 9.59 Å². The number of nitrogens with one attached hydrogen (secondary N) is 2. The number of carbonyl (C=O) groups is 3. The van der Waals surface area contributed by atoms with Gasteiger partial charge in [-0.25, -0.2) is 10.3 Å². The molecule has 1 saturated heterocycles. The van der Waals surface area contributed by atoms with Crippen molar-refractivity contribution >= 4 is 23.4 Å². The van der Waals surface area contributed by atoms with Crippen molar-refractivity contribution in [3.63, 3.8) is 0 Å². The smallest absolute Gasteiger partial charge is 0.265 e. The minimum Gasteiger partial charge on any atom is -0.497 e. The number of anilines is 1. The largest absolute Gasteiger partial charge is 0.497 e. The Morgan fingerprint density at radius 3 is 2.32 bits per heavy atom. The van der Waals surface area contributed by atoms with Gasteiger partial charge in [0.1, 0.15) is 17.5 Å². The molecule has 0 aromatic heterocycles. The van der Waals surface area contributed by atoms with E-state index in [2.05, 4.69) is 10.9 Å². The fraction of sp³-hybridized carbons (Fsp3) is 0.250. The Kier molecular flexibility index (Phi) is 5.90. The first-order chi connectivity index (χ1) is 13.5. The van der Waals surface area contributed by atoms with E-state index in [0.29, 0.717) is 29.4 Å². The highest BCUT2D eigenvalue weighted by Gasteiger charge is 2.39. The Bertz CT molecular complexity index is 864. The Labute approximate surface area is 162 Å². The zero-order chi connectivity index (χ0) is 20.1. The van der Waals surface area contributed by atoms with E-state index in [1.165, 1.54) is 7.11 Å². The number of imide groups is 1. The van der Waals surface area contributed by atoms with Crippen LogP contribution in [0.2, 0.25) is 0 Å². The average molecular weight is 383 g/mol. The van der Waals surface area contributed by atoms with Gasteiger partial charge in [-0.3, -0.25) is 19.8 Å². The Morgan fingerprint density at radius 2 is 1.71 bits per heavy atom. The van der Waals surface area contributed by atoms with Gasteiger partial charge in [-0.2, -0.15) is 0 Å². The summed E-state index contributed by atoms with van der Waals surface area (Å²) in [7, 11) is 1.54. The lowest BCUT2D eigenvalue weighted by atomic mass is 10.2. The molecule has 1 fully saturated rings. The number of hydrogen-bond donors (Lipinski definition) is 2. The first-order valence-electron chi connectivity index (χ1n) is 8.83. The summed E-state index contributed by atoms with van der Waals surface area (Å²) in [5.41, 5.74) is 5.99. The molecule has 1 atom stereocenters. The lowest BCUT2D eigenvalue weighted by molar-refractivity contribution is -0.121. The first-order valence-corrected chi connectivity index (χ1v) is 8.83. The molecule has 0 bridgehead atoms. The lowest BCUT2D eigenvalue weighted by Gasteiger charge is -2.16. The highest BCUT2D eigenvalue weighted by Crippen LogP contribution is 2.25. The molecule has 146 valence electrons. The summed E-state index contributed by atoms with van der Waals surface area (Å²) in [6.45, 7) is 2.40. The standard InChI is InChI=1S/C20H21N3O5/c1-3-28-16-10-6-14(7-11-16)23-18(24)12-17(20(23)26)21-22-19(25)13-4-8-15(27-2)9-5-13/h4-11,17,21H,3,12H2,1-2H3,(H,22,25)/t17-/m0/s1. The van der Waals surface area contributed by atoms with Gasteiger partial charge in [0.2, 0.25) is 5.91 Å². The summed E-state index contributed by atoms with van der Waals surface area (Å²) >= 11 is 0. The van der Waals surface area contributed by atoms with Crippen LogP contribution in [0.5, 0.6) is 11.5 Å². The maximum atomic E-state index is 12.6. The number of hydrazine groups is 1. The number of benzene rings is 2. The zero-order valence-corrected chi connectivity index (χ0v) is 15.6. The van der Waals surface area contributed by atoms with Gasteiger partial charge in [0.05, 0.1) is 25.8 Å². The SMILES string of the molecule is CCOc1ccc(N2C(=O)C[C@H](NNC(=O)c3ccc(OC)cc3)C2=O)cc1. The van der Waals surface area contributed by atoms with Gasteiger partial charge >= 0.3 is 0 Å². The maximum absolute atomic E-state index is 12.6. The molecule has 1 aliphatic heterocycles. The van der Waals surface area contributed by atoms with Crippen molar-refractivity contribution in [3.05, 3.63) is 54.1 Å². The highest BCUT2D eigenvalue weighted by atomic mass is 16.5. The van der Waals surface area contributed by atoms with Crippen molar-refractivity contribution in [2.45, 2.75) is 19.4 Å². The highest BCUT2D eigenvalue weighted by molar-refractivity contribution is 6.22. The number of carbonyl (C=O) groups excluding carboxylic acids is 3. The van der Waals surface area contributed by atoms with Gasteiger partial charge in [-0.15, -0.1) is 0 Å². The van der Waals surface area contributed by atoms with E-state index < -0.39 is 17.9 Å². The minimum absolute atomic E-state index is 0.0467. The minimum atomic E-state index is -0.832. The molecule has 3 rings (SSSR count). The van der Waals surface area contributed by atoms with Gasteiger partial charge in [0.25, 0.3) is 11.8 Å². The number of nitrogens with zero attached hydrogens (tertiary/aromatic N) is 1. The molecule has 8 nitrogen and oxygen atoms in total. The summed E-state index contributed by atoms with van der Waals surface area (Å²) in [5.74, 6) is 0.107. The van der Waals surface area contributed by atoms with E-state index in [4.69, 9.17) is 9.47 Å². The molecule has 2 aromatic carbocycles. The molecule has 2 aromatic rings. The van der Waals surface area contributed by atoms with Gasteiger partial charge in [0, 0.05) is 5.56 Å². The van der Waals surface area contributed by atoms with E-state index in [0.717, 1.165) is 4.90 Å². The van der Waals surface area contributed by atoms with Crippen molar-refractivity contribution < 1.29 is 23.9 Å². The number of rotatable bonds is 7. The quantitative estimate of drug-likeness (QED) is 0.558. The van der Waals surface area contributed by atoms with Crippen LogP contribution in [0.3, 0.4) is 0 Å². The van der Waals surface area contributed by atoms with Crippen LogP contribution in [0.15, 0.2) is 48.5 Å². The van der Waals surface area contributed by atoms with E-state index in [1.807, 2.05) is 6.92 Å². The van der Waals surface area contributed by atoms with Crippen molar-refractivity contribution in [1.29, 1.82) is 0 Å². The predicted octanol–water partition coefficient (Wildman–Crippen LogP) is 1.66. The number of hydrogen-bond acceptors (Lipinski definition) is 6. The summed E-state index contributed by atoms with van der Waals surface area (Å²) in [4.78, 5) is 38.2. The molecule has 3 amide bonds. The maximum Gasteiger partial charge on any atom is 0.265 e. The van der Waals surface area contributed by atoms with Crippen molar-refractivity contribution in [1.82, 2.24) is 10.9 Å². The van der Waals surface area contributed by atoms with Crippen LogP contribution >= 0.6 is 0 Å². The van der Waals surface area contributed by atoms with Crippen LogP contribution < -0.4 is 25.2 Å². The fourth-order valence-electron chi connectivity index (χ4n) is 2.84. The third-order valence-electron chi connectivity index (χ3n) is 4.26. The molecule has 0 unspecified atom stereocenters. The first kappa shape index (κ1) is 19.4. The van der Waals surface area contributed by atoms with Crippen molar-refractivity contribution in [2.75, 3.05) is 18.6 Å². The lowest BCUT2D eigenvalue weighted by Crippen LogP contribution is -2.48. The second-order valence-corrected chi connectivity index (χ2v) is 6.08. The van der Waals surface area contributed by atoms with Crippen LogP contribution in [0, 0.1) is 0 Å². The Morgan fingerprint density at radius 1 is 1.07 bits per heavy atom. The molecule has 0 radical (unpaired) electrons. The summed E-state index contributed by atoms with van der Waals surface area (Å²) in [6, 6.07) is 12.4. The third kappa shape index (κ3) is 4.12. The van der Waals surface area contributed by atoms with Crippen molar-refractivity contribution in [3.8, 4) is 11.5 Å². The predicted molar refractivity (Wildman–Crippen MR) is 102 cm³/mol. The topological polar surface area (TPSA) is 97.0 Å². The summed E-state index contributed by atoms with van der Waals surface area (Å²) < 4.78 is 10.4. The van der Waals surface area contributed by atoms with E-state index >= 15 is 0 Å². The van der Waals surface area contributed by atoms with Gasteiger partial charge in [-0.1, -0.05) is 0 Å². The summed E-state index contributed by atoms with van der Waals surface area (Å²) in [6.07, 6.45) is -0.0467. The van der Waals surface area contributed by atoms with E-state index in [-0.39, 0.29) is 12.3 Å². The Hall–Kier alpha value is -3.39. The molecular weight excluding hydrogens is 362 g/mol. The van der Waals surface area contributed by atoms with E-state index in [9.17, 15) is 14.4 Å².